The summed E-state index contributed by atoms with van der Waals surface area (Å²) < 4.78 is 22.3. The van der Waals surface area contributed by atoms with Crippen molar-refractivity contribution >= 4 is 46.1 Å². The minimum absolute atomic E-state index is 0.256. The highest BCUT2D eigenvalue weighted by atomic mass is 16.5. The van der Waals surface area contributed by atoms with E-state index in [2.05, 4.69) is 26.5 Å². The number of carboxylic acid groups (broad SMARTS) is 2. The van der Waals surface area contributed by atoms with Gasteiger partial charge in [-0.2, -0.15) is 0 Å². The lowest BCUT2D eigenvalue weighted by Crippen LogP contribution is -2.43. The molecule has 1 aromatic heterocycles. The van der Waals surface area contributed by atoms with Crippen molar-refractivity contribution in [1.29, 1.82) is 0 Å². The van der Waals surface area contributed by atoms with E-state index in [1.807, 2.05) is 35.2 Å². The van der Waals surface area contributed by atoms with Gasteiger partial charge in [-0.15, -0.1) is 6.42 Å². The average molecular weight is 672 g/mol. The summed E-state index contributed by atoms with van der Waals surface area (Å²) in [6.45, 7) is 1.68. The zero-order valence-electron chi connectivity index (χ0n) is 27.0. The smallest absolute Gasteiger partial charge is 0.326 e. The van der Waals surface area contributed by atoms with Crippen LogP contribution in [0.3, 0.4) is 0 Å². The number of aliphatic carboxylic acids is 2. The molecule has 0 spiro atoms. The van der Waals surface area contributed by atoms with E-state index < -0.39 is 30.4 Å². The average Bonchev–Trinajstić information content (AvgIpc) is 3.09. The van der Waals surface area contributed by atoms with E-state index >= 15 is 0 Å². The van der Waals surface area contributed by atoms with E-state index in [-0.39, 0.29) is 13.0 Å². The Morgan fingerprint density at radius 2 is 1.61 bits per heavy atom. The first-order chi connectivity index (χ1) is 23.7. The number of aromatic nitrogens is 2. The minimum atomic E-state index is -1.36. The van der Waals surface area contributed by atoms with Crippen molar-refractivity contribution in [2.45, 2.75) is 25.4 Å². The number of nitrogens with one attached hydrogen (secondary N) is 2. The number of hydrogen-bond donors (Lipinski definition) is 4. The Bertz CT molecular complexity index is 1790. The Morgan fingerprint density at radius 3 is 2.24 bits per heavy atom. The van der Waals surface area contributed by atoms with Crippen LogP contribution in [0.15, 0.2) is 67.0 Å². The molecule has 0 fully saturated rings. The number of terminal acetylenes is 1. The van der Waals surface area contributed by atoms with Crippen LogP contribution in [0.4, 0.5) is 22.0 Å². The van der Waals surface area contributed by atoms with Gasteiger partial charge < -0.3 is 44.7 Å². The summed E-state index contributed by atoms with van der Waals surface area (Å²) in [6.07, 6.45) is 6.54. The van der Waals surface area contributed by atoms with Gasteiger partial charge in [0.05, 0.1) is 18.7 Å². The van der Waals surface area contributed by atoms with Crippen molar-refractivity contribution in [1.82, 2.24) is 15.3 Å². The molecule has 0 radical (unpaired) electrons. The van der Waals surface area contributed by atoms with Gasteiger partial charge in [0.1, 0.15) is 31.4 Å². The van der Waals surface area contributed by atoms with Gasteiger partial charge >= 0.3 is 18.0 Å². The zero-order chi connectivity index (χ0) is 35.2. The molecule has 0 bridgehead atoms. The van der Waals surface area contributed by atoms with E-state index in [1.54, 1.807) is 44.6 Å². The van der Waals surface area contributed by atoms with E-state index in [9.17, 15) is 19.5 Å². The lowest BCUT2D eigenvalue weighted by Gasteiger charge is -2.26. The molecule has 14 heteroatoms. The number of hydrogen-bond acceptors (Lipinski definition) is 10. The first kappa shape index (κ1) is 35.9. The first-order valence-electron chi connectivity index (χ1n) is 15.2. The number of methoxy groups -OCH3 is 2. The van der Waals surface area contributed by atoms with Crippen molar-refractivity contribution < 1.29 is 43.5 Å². The molecule has 4 N–H and O–H groups in total. The fourth-order valence-corrected chi connectivity index (χ4v) is 4.74. The molecular formula is C35H37N5O9. The number of amides is 2. The van der Waals surface area contributed by atoms with Crippen LogP contribution in [0.1, 0.15) is 24.0 Å². The van der Waals surface area contributed by atoms with E-state index in [1.165, 1.54) is 6.33 Å². The van der Waals surface area contributed by atoms with Crippen molar-refractivity contribution in [3.63, 3.8) is 0 Å². The van der Waals surface area contributed by atoms with Crippen molar-refractivity contribution in [3.05, 3.63) is 78.1 Å². The van der Waals surface area contributed by atoms with Gasteiger partial charge in [-0.3, -0.25) is 4.79 Å². The number of carboxylic acids is 2. The molecular weight excluding hydrogens is 634 g/mol. The summed E-state index contributed by atoms with van der Waals surface area (Å²) in [5, 5.41) is 23.8. The summed E-state index contributed by atoms with van der Waals surface area (Å²) in [7, 11) is 3.18. The van der Waals surface area contributed by atoms with Crippen LogP contribution in [0.2, 0.25) is 0 Å². The normalized spacial score (nSPS) is 11.3. The largest absolute Gasteiger partial charge is 0.487 e. The lowest BCUT2D eigenvalue weighted by molar-refractivity contribution is -0.140. The van der Waals surface area contributed by atoms with Crippen molar-refractivity contribution in [2.75, 3.05) is 50.9 Å². The molecule has 4 aromatic rings. The lowest BCUT2D eigenvalue weighted by atomic mass is 10.1. The monoisotopic (exact) mass is 671 g/mol. The summed E-state index contributed by atoms with van der Waals surface area (Å²) in [6, 6.07) is 15.9. The summed E-state index contributed by atoms with van der Waals surface area (Å²) in [4.78, 5) is 46.0. The van der Waals surface area contributed by atoms with Crippen LogP contribution in [0, 0.1) is 12.3 Å². The van der Waals surface area contributed by atoms with Gasteiger partial charge in [0.2, 0.25) is 0 Å². The van der Waals surface area contributed by atoms with Gasteiger partial charge in [-0.25, -0.2) is 19.6 Å². The Labute approximate surface area is 283 Å². The maximum absolute atomic E-state index is 12.5. The first-order valence-corrected chi connectivity index (χ1v) is 15.2. The molecule has 0 aliphatic carbocycles. The number of ether oxygens (including phenoxy) is 4. The predicted molar refractivity (Wildman–Crippen MR) is 181 cm³/mol. The van der Waals surface area contributed by atoms with E-state index in [0.29, 0.717) is 65.8 Å². The number of nitrogens with zero attached hydrogens (tertiary/aromatic N) is 3. The van der Waals surface area contributed by atoms with Crippen LogP contribution >= 0.6 is 0 Å². The molecule has 0 aliphatic heterocycles. The molecule has 2 amide bonds. The molecule has 1 heterocycles. The standard InChI is InChI=1S/C35H37N5O9/c1-4-23-6-5-7-26(18-23)40(21-24-8-10-25(11-9-24)38-35(45)39-28(34(43)44)12-13-32(41)42)33-27-19-30(48-16-14-46-2)31(49-17-15-47-3)20-29(27)36-22-37-33/h1,5-11,18-20,22,28H,12-17,21H2,2-3H3,(H,41,42)(H,43,44)(H2,38,39,45). The molecule has 3 aromatic carbocycles. The summed E-state index contributed by atoms with van der Waals surface area (Å²) in [5.74, 6) is 1.73. The molecule has 256 valence electrons. The van der Waals surface area contributed by atoms with Gasteiger partial charge in [-0.05, 0) is 48.4 Å². The Balaban J connectivity index is 1.65. The number of benzene rings is 3. The second-order valence-electron chi connectivity index (χ2n) is 10.6. The third-order valence-electron chi connectivity index (χ3n) is 7.15. The number of anilines is 3. The number of rotatable bonds is 18. The number of fused-ring (bicyclic) bond motifs is 1. The Kier molecular flexibility index (Phi) is 13.1. The van der Waals surface area contributed by atoms with E-state index in [0.717, 1.165) is 11.3 Å². The molecule has 0 saturated carbocycles. The molecule has 0 aliphatic rings. The molecule has 1 unspecified atom stereocenters. The Morgan fingerprint density at radius 1 is 0.918 bits per heavy atom. The van der Waals surface area contributed by atoms with Crippen molar-refractivity contribution in [2.24, 2.45) is 0 Å². The third-order valence-corrected chi connectivity index (χ3v) is 7.15. The highest BCUT2D eigenvalue weighted by molar-refractivity contribution is 5.94. The highest BCUT2D eigenvalue weighted by Gasteiger charge is 2.22. The summed E-state index contributed by atoms with van der Waals surface area (Å²) in [5.41, 5.74) is 3.29. The van der Waals surface area contributed by atoms with Gasteiger partial charge in [-0.1, -0.05) is 24.1 Å². The molecule has 1 atom stereocenters. The van der Waals surface area contributed by atoms with Crippen LogP contribution in [0.5, 0.6) is 11.5 Å². The molecule has 0 saturated heterocycles. The van der Waals surface area contributed by atoms with Crippen LogP contribution in [-0.2, 0) is 25.6 Å². The second-order valence-corrected chi connectivity index (χ2v) is 10.6. The minimum Gasteiger partial charge on any atom is -0.487 e. The number of urea groups is 1. The number of carbonyl (C=O) groups excluding carboxylic acids is 1. The molecule has 49 heavy (non-hydrogen) atoms. The maximum atomic E-state index is 12.5. The van der Waals surface area contributed by atoms with Crippen LogP contribution < -0.4 is 25.0 Å². The maximum Gasteiger partial charge on any atom is 0.326 e. The number of carbonyl (C=O) groups is 3. The van der Waals surface area contributed by atoms with Gasteiger partial charge in [0, 0.05) is 55.6 Å². The topological polar surface area (TPSA) is 182 Å². The van der Waals surface area contributed by atoms with E-state index in [4.69, 9.17) is 30.5 Å². The van der Waals surface area contributed by atoms with Gasteiger partial charge in [0.15, 0.2) is 11.5 Å². The zero-order valence-corrected chi connectivity index (χ0v) is 27.0. The predicted octanol–water partition coefficient (Wildman–Crippen LogP) is 4.44. The summed E-state index contributed by atoms with van der Waals surface area (Å²) >= 11 is 0. The van der Waals surface area contributed by atoms with Crippen molar-refractivity contribution in [3.8, 4) is 23.8 Å². The second kappa shape index (κ2) is 17.9. The van der Waals surface area contributed by atoms with Crippen LogP contribution in [-0.4, -0.2) is 84.8 Å². The van der Waals surface area contributed by atoms with Crippen LogP contribution in [0.25, 0.3) is 10.9 Å². The quantitative estimate of drug-likeness (QED) is 0.0864. The Hall–Kier alpha value is -5.91. The fourth-order valence-electron chi connectivity index (χ4n) is 4.74. The molecule has 14 nitrogen and oxygen atoms in total. The molecule has 4 rings (SSSR count). The van der Waals surface area contributed by atoms with Gasteiger partial charge in [0.25, 0.3) is 0 Å². The fraction of sp³-hybridized carbons (Fsp3) is 0.286. The third kappa shape index (κ3) is 10.3. The highest BCUT2D eigenvalue weighted by Crippen LogP contribution is 2.38. The SMILES string of the molecule is C#Cc1cccc(N(Cc2ccc(NC(=O)NC(CCC(=O)O)C(=O)O)cc2)c2ncnc3cc(OCCOC)c(OCCOC)cc23)c1.